The average molecular weight is 378 g/mol. The summed E-state index contributed by atoms with van der Waals surface area (Å²) in [5, 5.41) is 7.58. The second-order valence-corrected chi connectivity index (χ2v) is 6.74. The van der Waals surface area contributed by atoms with Crippen molar-refractivity contribution in [2.24, 2.45) is 0 Å². The molecular formula is C22H26N4O2. The Morgan fingerprint density at radius 1 is 1.04 bits per heavy atom. The number of carbonyl (C=O) groups is 1. The van der Waals surface area contributed by atoms with Gasteiger partial charge in [0.15, 0.2) is 0 Å². The van der Waals surface area contributed by atoms with Crippen molar-refractivity contribution >= 4 is 16.8 Å². The van der Waals surface area contributed by atoms with Crippen LogP contribution in [0.5, 0.6) is 0 Å². The Balaban J connectivity index is 1.59. The van der Waals surface area contributed by atoms with Crippen LogP contribution in [-0.2, 0) is 24.4 Å². The van der Waals surface area contributed by atoms with E-state index in [-0.39, 0.29) is 17.9 Å². The molecule has 28 heavy (non-hydrogen) atoms. The topological polar surface area (TPSA) is 67.2 Å². The zero-order valence-electron chi connectivity index (χ0n) is 16.4. The molecule has 1 aromatic heterocycles. The first kappa shape index (κ1) is 19.8. The van der Waals surface area contributed by atoms with Crippen molar-refractivity contribution < 1.29 is 4.79 Å². The molecule has 6 nitrogen and oxygen atoms in total. The summed E-state index contributed by atoms with van der Waals surface area (Å²) >= 11 is 0. The zero-order valence-corrected chi connectivity index (χ0v) is 16.4. The first-order valence-electron chi connectivity index (χ1n) is 9.62. The number of benzene rings is 2. The number of hydrogen-bond acceptors (Lipinski definition) is 4. The van der Waals surface area contributed by atoms with Gasteiger partial charge < -0.3 is 5.32 Å². The third-order valence-corrected chi connectivity index (χ3v) is 4.87. The van der Waals surface area contributed by atoms with Crippen LogP contribution < -0.4 is 10.7 Å². The smallest absolute Gasteiger partial charge is 0.242 e. The van der Waals surface area contributed by atoms with E-state index in [1.165, 1.54) is 11.8 Å². The van der Waals surface area contributed by atoms with E-state index in [0.29, 0.717) is 17.4 Å². The molecule has 146 valence electrons. The third kappa shape index (κ3) is 4.84. The van der Waals surface area contributed by atoms with E-state index in [1.807, 2.05) is 18.2 Å². The van der Waals surface area contributed by atoms with Crippen LogP contribution in [0.15, 0.2) is 59.5 Å². The lowest BCUT2D eigenvalue weighted by Gasteiger charge is -2.18. The molecule has 0 aliphatic carbocycles. The van der Waals surface area contributed by atoms with Crippen molar-refractivity contribution in [3.8, 4) is 0 Å². The second kappa shape index (κ2) is 9.28. The van der Waals surface area contributed by atoms with Crippen molar-refractivity contribution in [2.75, 3.05) is 13.1 Å². The molecule has 0 saturated carbocycles. The average Bonchev–Trinajstić information content (AvgIpc) is 2.73. The van der Waals surface area contributed by atoms with E-state index in [0.717, 1.165) is 25.2 Å². The fraction of sp³-hybridized carbons (Fsp3) is 0.318. The van der Waals surface area contributed by atoms with E-state index < -0.39 is 0 Å². The lowest BCUT2D eigenvalue weighted by atomic mass is 10.1. The summed E-state index contributed by atoms with van der Waals surface area (Å²) in [5.41, 5.74) is 2.83. The summed E-state index contributed by atoms with van der Waals surface area (Å²) in [5.74, 6) is -0.145. The molecule has 2 aromatic carbocycles. The highest BCUT2D eigenvalue weighted by Crippen LogP contribution is 2.09. The standard InChI is InChI=1S/C22H26N4O2/c1-3-25(4-2)15-18-11-9-17(10-12-18)13-23-22(28)16-26-20-8-6-5-7-19(20)21(27)14-24-26/h5-12,14H,3-4,13,15-16H2,1-2H3,(H,23,28). The van der Waals surface area contributed by atoms with Gasteiger partial charge in [0.05, 0.1) is 11.7 Å². The maximum atomic E-state index is 12.3. The predicted octanol–water partition coefficient (Wildman–Crippen LogP) is 2.55. The molecule has 0 fully saturated rings. The van der Waals surface area contributed by atoms with Crippen LogP contribution in [0.25, 0.3) is 10.9 Å². The fourth-order valence-corrected chi connectivity index (χ4v) is 3.15. The molecule has 0 unspecified atom stereocenters. The molecule has 0 aliphatic rings. The van der Waals surface area contributed by atoms with Crippen molar-refractivity contribution in [1.82, 2.24) is 20.0 Å². The summed E-state index contributed by atoms with van der Waals surface area (Å²) in [6.45, 7) is 7.85. The van der Waals surface area contributed by atoms with Gasteiger partial charge in [-0.15, -0.1) is 0 Å². The van der Waals surface area contributed by atoms with E-state index in [9.17, 15) is 9.59 Å². The predicted molar refractivity (Wildman–Crippen MR) is 111 cm³/mol. The maximum Gasteiger partial charge on any atom is 0.242 e. The summed E-state index contributed by atoms with van der Waals surface area (Å²) in [6.07, 6.45) is 1.25. The normalized spacial score (nSPS) is 11.1. The van der Waals surface area contributed by atoms with Gasteiger partial charge in [-0.25, -0.2) is 0 Å². The van der Waals surface area contributed by atoms with Gasteiger partial charge >= 0.3 is 0 Å². The molecule has 0 radical (unpaired) electrons. The summed E-state index contributed by atoms with van der Waals surface area (Å²) in [6, 6.07) is 15.5. The van der Waals surface area contributed by atoms with Crippen LogP contribution in [0, 0.1) is 0 Å². The molecule has 0 spiro atoms. The van der Waals surface area contributed by atoms with E-state index >= 15 is 0 Å². The number of nitrogens with one attached hydrogen (secondary N) is 1. The molecule has 3 rings (SSSR count). The molecule has 3 aromatic rings. The number of nitrogens with zero attached hydrogens (tertiary/aromatic N) is 3. The zero-order chi connectivity index (χ0) is 19.9. The monoisotopic (exact) mass is 378 g/mol. The first-order chi connectivity index (χ1) is 13.6. The van der Waals surface area contributed by atoms with Crippen molar-refractivity contribution in [3.05, 3.63) is 76.1 Å². The van der Waals surface area contributed by atoms with Crippen LogP contribution in [-0.4, -0.2) is 33.7 Å². The van der Waals surface area contributed by atoms with Gasteiger partial charge in [-0.1, -0.05) is 50.2 Å². The number of rotatable bonds is 8. The van der Waals surface area contributed by atoms with Gasteiger partial charge in [0.1, 0.15) is 6.54 Å². The number of carbonyl (C=O) groups excluding carboxylic acids is 1. The Bertz CT molecular complexity index is 991. The summed E-state index contributed by atoms with van der Waals surface area (Å²) < 4.78 is 1.55. The quantitative estimate of drug-likeness (QED) is 0.654. The molecule has 6 heteroatoms. The van der Waals surface area contributed by atoms with Gasteiger partial charge in [0.2, 0.25) is 11.3 Å². The Morgan fingerprint density at radius 2 is 1.71 bits per heavy atom. The molecular weight excluding hydrogens is 352 g/mol. The lowest BCUT2D eigenvalue weighted by molar-refractivity contribution is -0.121. The molecule has 1 heterocycles. The number of hydrogen-bond donors (Lipinski definition) is 1. The molecule has 0 bridgehead atoms. The van der Waals surface area contributed by atoms with Crippen LogP contribution in [0.3, 0.4) is 0 Å². The van der Waals surface area contributed by atoms with Gasteiger partial charge in [0, 0.05) is 18.5 Å². The van der Waals surface area contributed by atoms with Crippen LogP contribution >= 0.6 is 0 Å². The van der Waals surface area contributed by atoms with Crippen molar-refractivity contribution in [2.45, 2.75) is 33.5 Å². The summed E-state index contributed by atoms with van der Waals surface area (Å²) in [7, 11) is 0. The van der Waals surface area contributed by atoms with Gasteiger partial charge in [-0.05, 0) is 36.3 Å². The number of fused-ring (bicyclic) bond motifs is 1. The fourth-order valence-electron chi connectivity index (χ4n) is 3.15. The van der Waals surface area contributed by atoms with Crippen molar-refractivity contribution in [1.29, 1.82) is 0 Å². The van der Waals surface area contributed by atoms with Crippen molar-refractivity contribution in [3.63, 3.8) is 0 Å². The van der Waals surface area contributed by atoms with Gasteiger partial charge in [0.25, 0.3) is 0 Å². The largest absolute Gasteiger partial charge is 0.350 e. The number of para-hydroxylation sites is 1. The Hall–Kier alpha value is -2.99. The SMILES string of the molecule is CCN(CC)Cc1ccc(CNC(=O)Cn2ncc(=O)c3ccccc32)cc1. The third-order valence-electron chi connectivity index (χ3n) is 4.87. The highest BCUT2D eigenvalue weighted by molar-refractivity contribution is 5.81. The second-order valence-electron chi connectivity index (χ2n) is 6.74. The van der Waals surface area contributed by atoms with Crippen LogP contribution in [0.2, 0.25) is 0 Å². The first-order valence-corrected chi connectivity index (χ1v) is 9.62. The highest BCUT2D eigenvalue weighted by atomic mass is 16.2. The molecule has 0 atom stereocenters. The van der Waals surface area contributed by atoms with Gasteiger partial charge in [-0.3, -0.25) is 19.2 Å². The highest BCUT2D eigenvalue weighted by Gasteiger charge is 2.08. The minimum absolute atomic E-state index is 0.0703. The number of amides is 1. The van der Waals surface area contributed by atoms with Gasteiger partial charge in [-0.2, -0.15) is 5.10 Å². The summed E-state index contributed by atoms with van der Waals surface area (Å²) in [4.78, 5) is 26.6. The van der Waals surface area contributed by atoms with Crippen LogP contribution in [0.4, 0.5) is 0 Å². The molecule has 0 saturated heterocycles. The Morgan fingerprint density at radius 3 is 2.43 bits per heavy atom. The van der Waals surface area contributed by atoms with E-state index in [4.69, 9.17) is 0 Å². The molecule has 0 aliphatic heterocycles. The minimum atomic E-state index is -0.145. The van der Waals surface area contributed by atoms with E-state index in [2.05, 4.69) is 41.3 Å². The molecule has 1 N–H and O–H groups in total. The maximum absolute atomic E-state index is 12.3. The number of aromatic nitrogens is 2. The Kier molecular flexibility index (Phi) is 6.55. The van der Waals surface area contributed by atoms with E-state index in [1.54, 1.807) is 22.9 Å². The minimum Gasteiger partial charge on any atom is -0.350 e. The Labute approximate surface area is 164 Å². The lowest BCUT2D eigenvalue weighted by Crippen LogP contribution is -2.28. The molecule has 1 amide bonds. The van der Waals surface area contributed by atoms with Crippen LogP contribution in [0.1, 0.15) is 25.0 Å².